The van der Waals surface area contributed by atoms with Crippen LogP contribution in [0.2, 0.25) is 0 Å². The van der Waals surface area contributed by atoms with Gasteiger partial charge in [-0.2, -0.15) is 0 Å². The zero-order valence-electron chi connectivity index (χ0n) is 21.4. The topological polar surface area (TPSA) is 31.0 Å². The average molecular weight is 475 g/mol. The Bertz CT molecular complexity index is 1960. The van der Waals surface area contributed by atoms with E-state index in [9.17, 15) is 0 Å². The summed E-state index contributed by atoms with van der Waals surface area (Å²) in [5.74, 6) is 0.754. The Kier molecular flexibility index (Phi) is 4.12. The van der Waals surface area contributed by atoms with Gasteiger partial charge in [0.15, 0.2) is 0 Å². The third-order valence-electron chi connectivity index (χ3n) is 6.45. The molecule has 0 atom stereocenters. The van der Waals surface area contributed by atoms with Crippen molar-refractivity contribution in [2.75, 3.05) is 0 Å². The predicted molar refractivity (Wildman–Crippen MR) is 148 cm³/mol. The number of aromatic nitrogens is 2. The highest BCUT2D eigenvalue weighted by molar-refractivity contribution is 7.17. The van der Waals surface area contributed by atoms with Crippen LogP contribution in [0.3, 0.4) is 0 Å². The van der Waals surface area contributed by atoms with Crippen molar-refractivity contribution in [1.82, 2.24) is 9.55 Å². The number of benzene rings is 4. The monoisotopic (exact) mass is 474 g/mol. The summed E-state index contributed by atoms with van der Waals surface area (Å²) in [4.78, 5) is 5.07. The molecule has 0 spiro atoms. The van der Waals surface area contributed by atoms with Crippen LogP contribution in [-0.4, -0.2) is 9.55 Å². The molecule has 4 heteroatoms. The van der Waals surface area contributed by atoms with Gasteiger partial charge in [0.25, 0.3) is 0 Å². The van der Waals surface area contributed by atoms with Crippen molar-refractivity contribution in [3.8, 4) is 17.1 Å². The zero-order chi connectivity index (χ0) is 25.3. The molecule has 0 amide bonds. The van der Waals surface area contributed by atoms with Crippen LogP contribution in [0.5, 0.6) is 0 Å². The van der Waals surface area contributed by atoms with Gasteiger partial charge in [-0.25, -0.2) is 4.98 Å². The second-order valence-corrected chi connectivity index (χ2v) is 10.1. The predicted octanol–water partition coefficient (Wildman–Crippen LogP) is 9.01. The molecule has 3 aromatic heterocycles. The van der Waals surface area contributed by atoms with E-state index < -0.39 is 6.37 Å². The van der Waals surface area contributed by atoms with Crippen molar-refractivity contribution < 1.29 is 7.16 Å². The minimum Gasteiger partial charge on any atom is -0.456 e. The molecular weight excluding hydrogens is 448 g/mol. The van der Waals surface area contributed by atoms with E-state index in [2.05, 4.69) is 40.3 Å². The number of fused-ring (bicyclic) bond motifs is 5. The van der Waals surface area contributed by atoms with Crippen LogP contribution in [0, 0.1) is 5.92 Å². The molecule has 0 bridgehead atoms. The normalized spacial score (nSPS) is 13.3. The lowest BCUT2D eigenvalue weighted by atomic mass is 10.0. The maximum Gasteiger partial charge on any atom is 0.147 e. The van der Waals surface area contributed by atoms with Crippen molar-refractivity contribution in [3.63, 3.8) is 0 Å². The van der Waals surface area contributed by atoms with E-state index in [0.717, 1.165) is 60.1 Å². The number of nitrogens with zero attached hydrogens (tertiary/aromatic N) is 2. The van der Waals surface area contributed by atoms with Crippen LogP contribution in [0.15, 0.2) is 94.7 Å². The quantitative estimate of drug-likeness (QED) is 0.255. The molecule has 0 saturated carbocycles. The molecule has 3 heterocycles. The van der Waals surface area contributed by atoms with Crippen molar-refractivity contribution >= 4 is 54.4 Å². The number of hydrogen-bond donors (Lipinski definition) is 0. The van der Waals surface area contributed by atoms with Crippen LogP contribution < -0.4 is 0 Å². The lowest BCUT2D eigenvalue weighted by Gasteiger charge is -2.10. The standard InChI is InChI=1S/C31H24N2OS/c1-19(2)15-20-11-13-24-25(18-35-30(24)16-20)31-32-26-8-4-5-9-27(26)33(31)21-12-14-23-22-7-3-6-10-28(22)34-29(23)17-21/h3-14,16-19H,15H2,1-2H3/i15D2. The lowest BCUT2D eigenvalue weighted by Crippen LogP contribution is -1.97. The Balaban J connectivity index is 1.45. The van der Waals surface area contributed by atoms with Gasteiger partial charge in [-0.3, -0.25) is 4.57 Å². The summed E-state index contributed by atoms with van der Waals surface area (Å²) in [5, 5.41) is 5.42. The van der Waals surface area contributed by atoms with Gasteiger partial charge in [-0.15, -0.1) is 11.3 Å². The third kappa shape index (κ3) is 3.28. The van der Waals surface area contributed by atoms with Crippen molar-refractivity contribution in [1.29, 1.82) is 0 Å². The highest BCUT2D eigenvalue weighted by atomic mass is 32.1. The van der Waals surface area contributed by atoms with Crippen LogP contribution in [0.1, 0.15) is 22.2 Å². The molecular formula is C31H24N2OS. The molecule has 0 aliphatic carbocycles. The Labute approximate surface area is 210 Å². The van der Waals surface area contributed by atoms with Gasteiger partial charge < -0.3 is 4.42 Å². The van der Waals surface area contributed by atoms with E-state index in [4.69, 9.17) is 12.1 Å². The first kappa shape index (κ1) is 18.4. The number of hydrogen-bond acceptors (Lipinski definition) is 3. The minimum atomic E-state index is -1.38. The Hall–Kier alpha value is -3.89. The first-order valence-electron chi connectivity index (χ1n) is 12.8. The average Bonchev–Trinajstić information content (AvgIpc) is 3.60. The number of rotatable bonds is 4. The Morgan fingerprint density at radius 3 is 2.60 bits per heavy atom. The lowest BCUT2D eigenvalue weighted by molar-refractivity contribution is 0.648. The summed E-state index contributed by atoms with van der Waals surface area (Å²) in [6.07, 6.45) is -1.38. The van der Waals surface area contributed by atoms with E-state index in [1.807, 2.05) is 68.4 Å². The van der Waals surface area contributed by atoms with Gasteiger partial charge in [-0.1, -0.05) is 56.3 Å². The van der Waals surface area contributed by atoms with E-state index in [-0.39, 0.29) is 5.92 Å². The van der Waals surface area contributed by atoms with E-state index in [0.29, 0.717) is 5.56 Å². The van der Waals surface area contributed by atoms with E-state index >= 15 is 0 Å². The summed E-state index contributed by atoms with van der Waals surface area (Å²) < 4.78 is 26.5. The maximum absolute atomic E-state index is 8.54. The molecule has 0 aliphatic rings. The highest BCUT2D eigenvalue weighted by Gasteiger charge is 2.19. The fourth-order valence-electron chi connectivity index (χ4n) is 4.95. The number of furan rings is 1. The van der Waals surface area contributed by atoms with Gasteiger partial charge in [0.05, 0.1) is 16.7 Å². The van der Waals surface area contributed by atoms with Crippen LogP contribution in [-0.2, 0) is 6.37 Å². The number of imidazole rings is 1. The van der Waals surface area contributed by atoms with E-state index in [1.165, 1.54) is 0 Å². The van der Waals surface area contributed by atoms with Crippen molar-refractivity contribution in [2.45, 2.75) is 20.2 Å². The molecule has 7 rings (SSSR count). The van der Waals surface area contributed by atoms with Crippen LogP contribution in [0.25, 0.3) is 60.1 Å². The molecule has 0 aliphatic heterocycles. The summed E-state index contributed by atoms with van der Waals surface area (Å²) in [5.41, 5.74) is 6.42. The smallest absolute Gasteiger partial charge is 0.147 e. The summed E-state index contributed by atoms with van der Waals surface area (Å²) in [6, 6.07) is 28.6. The zero-order valence-corrected chi connectivity index (χ0v) is 20.3. The SMILES string of the molecule is [2H]C([2H])(c1ccc2c(-c3nc4ccccc4n3-c3ccc4c(c3)oc3ccccc34)csc2c1)C(C)C. The van der Waals surface area contributed by atoms with Crippen molar-refractivity contribution in [2.24, 2.45) is 5.92 Å². The molecule has 0 radical (unpaired) electrons. The first-order valence-corrected chi connectivity index (χ1v) is 12.7. The molecule has 0 unspecified atom stereocenters. The molecule has 0 saturated heterocycles. The maximum atomic E-state index is 8.54. The van der Waals surface area contributed by atoms with Crippen LogP contribution in [0.4, 0.5) is 0 Å². The van der Waals surface area contributed by atoms with Gasteiger partial charge >= 0.3 is 0 Å². The Morgan fingerprint density at radius 1 is 0.886 bits per heavy atom. The summed E-state index contributed by atoms with van der Waals surface area (Å²) in [7, 11) is 0. The van der Waals surface area contributed by atoms with E-state index in [1.54, 1.807) is 11.3 Å². The molecule has 170 valence electrons. The highest BCUT2D eigenvalue weighted by Crippen LogP contribution is 2.38. The second kappa shape index (κ2) is 7.82. The number of thiophene rings is 1. The van der Waals surface area contributed by atoms with Gasteiger partial charge in [0.1, 0.15) is 17.0 Å². The van der Waals surface area contributed by atoms with Gasteiger partial charge in [0.2, 0.25) is 0 Å². The summed E-state index contributed by atoms with van der Waals surface area (Å²) in [6.45, 7) is 3.84. The summed E-state index contributed by atoms with van der Waals surface area (Å²) >= 11 is 1.63. The second-order valence-electron chi connectivity index (χ2n) is 9.20. The fourth-order valence-corrected chi connectivity index (χ4v) is 5.92. The molecule has 7 aromatic rings. The molecule has 0 N–H and O–H groups in total. The Morgan fingerprint density at radius 2 is 1.69 bits per heavy atom. The van der Waals surface area contributed by atoms with Gasteiger partial charge in [-0.05, 0) is 54.3 Å². The van der Waals surface area contributed by atoms with Crippen LogP contribution >= 0.6 is 11.3 Å². The molecule has 4 aromatic carbocycles. The van der Waals surface area contributed by atoms with Gasteiger partial charge in [0, 0.05) is 40.6 Å². The fraction of sp³-hybridized carbons (Fsp3) is 0.129. The van der Waals surface area contributed by atoms with Crippen molar-refractivity contribution in [3.05, 3.63) is 95.9 Å². The largest absolute Gasteiger partial charge is 0.456 e. The minimum absolute atomic E-state index is 0.109. The number of para-hydroxylation sites is 3. The first-order chi connectivity index (χ1) is 17.9. The molecule has 35 heavy (non-hydrogen) atoms. The third-order valence-corrected chi connectivity index (χ3v) is 7.40. The molecule has 0 fully saturated rings. The molecule has 3 nitrogen and oxygen atoms in total.